The first kappa shape index (κ1) is 35.7. The van der Waals surface area contributed by atoms with Crippen molar-refractivity contribution in [1.82, 2.24) is 0 Å². The summed E-state index contributed by atoms with van der Waals surface area (Å²) in [5.41, 5.74) is 20.5. The van der Waals surface area contributed by atoms with Crippen molar-refractivity contribution < 1.29 is 0 Å². The van der Waals surface area contributed by atoms with E-state index in [1.807, 2.05) is 0 Å². The molecule has 0 saturated carbocycles. The third-order valence-electron chi connectivity index (χ3n) is 9.39. The Kier molecular flexibility index (Phi) is 10.9. The van der Waals surface area contributed by atoms with Gasteiger partial charge in [-0.3, -0.25) is 10.9 Å². The van der Waals surface area contributed by atoms with Gasteiger partial charge in [0, 0.05) is 79.1 Å². The van der Waals surface area contributed by atoms with E-state index in [9.17, 15) is 0 Å². The van der Waals surface area contributed by atoms with Crippen LogP contribution in [0.5, 0.6) is 0 Å². The smallest absolute Gasteiger partial charge is 0.0650 e. The molecule has 6 heteroatoms. The molecule has 0 amide bonds. The summed E-state index contributed by atoms with van der Waals surface area (Å²) >= 11 is 0. The fraction of sp³-hybridized carbons (Fsp3) is 0.174. The highest BCUT2D eigenvalue weighted by Gasteiger charge is 2.25. The van der Waals surface area contributed by atoms with Gasteiger partial charge in [-0.2, -0.15) is 0 Å². The van der Waals surface area contributed by atoms with Crippen LogP contribution in [0.3, 0.4) is 0 Å². The average Bonchev–Trinajstić information content (AvgIpc) is 3.16. The minimum atomic E-state index is 0.979. The second-order valence-corrected chi connectivity index (χ2v) is 13.9. The minimum Gasteiger partial charge on any atom is -0.377 e. The largest absolute Gasteiger partial charge is 0.377 e. The number of hydrogen-bond donors (Lipinski definition) is 2. The van der Waals surface area contributed by atoms with Gasteiger partial charge in [0.15, 0.2) is 0 Å². The molecule has 262 valence electrons. The molecule has 6 nitrogen and oxygen atoms in total. The van der Waals surface area contributed by atoms with Crippen molar-refractivity contribution in [1.29, 1.82) is 0 Å². The zero-order valence-electron chi connectivity index (χ0n) is 31.6. The molecule has 52 heavy (non-hydrogen) atoms. The molecule has 0 spiro atoms. The van der Waals surface area contributed by atoms with Gasteiger partial charge < -0.3 is 19.6 Å². The van der Waals surface area contributed by atoms with Gasteiger partial charge in [0.25, 0.3) is 0 Å². The lowest BCUT2D eigenvalue weighted by atomic mass is 9.85. The number of benzene rings is 6. The highest BCUT2D eigenvalue weighted by atomic mass is 15.4. The summed E-state index contributed by atoms with van der Waals surface area (Å²) in [5.74, 6) is 2.40. The molecular weight excluding hydrogens is 637 g/mol. The quantitative estimate of drug-likeness (QED) is 0.0717. The standard InChI is InChI=1S/C46H50N6/c1-49(2)41-25-13-35(14-26-41)45(36-15-27-42(28-16-36)50(3)4)33-9-21-39(22-10-33)47-48-40-23-11-34(12-24-40)46(37-17-29-43(30-18-37)51(5)6)38-19-31-44(32-20-38)52(7)8/h9-32,47-48H,1-8H3/q+2. The first-order chi connectivity index (χ1) is 25.1. The molecule has 0 saturated heterocycles. The molecule has 0 radical (unpaired) electrons. The maximum Gasteiger partial charge on any atom is 0.0650 e. The maximum absolute atomic E-state index is 3.41. The van der Waals surface area contributed by atoms with E-state index in [1.165, 1.54) is 56.8 Å². The van der Waals surface area contributed by atoms with E-state index in [4.69, 9.17) is 0 Å². The van der Waals surface area contributed by atoms with Gasteiger partial charge in [0.2, 0.25) is 0 Å². The van der Waals surface area contributed by atoms with Crippen LogP contribution in [-0.4, -0.2) is 56.4 Å². The Labute approximate surface area is 310 Å². The second-order valence-electron chi connectivity index (χ2n) is 13.9. The molecule has 0 aromatic heterocycles. The molecular formula is C46H50N6+2. The van der Waals surface area contributed by atoms with Crippen LogP contribution in [-0.2, 0) is 0 Å². The predicted octanol–water partition coefficient (Wildman–Crippen LogP) is 9.43. The van der Waals surface area contributed by atoms with Gasteiger partial charge in [-0.05, 0) is 146 Å². The zero-order valence-corrected chi connectivity index (χ0v) is 31.6. The van der Waals surface area contributed by atoms with Gasteiger partial charge in [-0.25, -0.2) is 0 Å². The molecule has 0 aliphatic heterocycles. The number of anilines is 6. The predicted molar refractivity (Wildman–Crippen MR) is 224 cm³/mol. The Bertz CT molecular complexity index is 1740. The van der Waals surface area contributed by atoms with E-state index in [2.05, 4.69) is 232 Å². The fourth-order valence-electron chi connectivity index (χ4n) is 6.29. The van der Waals surface area contributed by atoms with Crippen LogP contribution >= 0.6 is 0 Å². The molecule has 0 unspecified atom stereocenters. The monoisotopic (exact) mass is 686 g/mol. The van der Waals surface area contributed by atoms with Crippen LogP contribution < -0.4 is 30.5 Å². The van der Waals surface area contributed by atoms with E-state index in [-0.39, 0.29) is 0 Å². The second kappa shape index (κ2) is 15.8. The SMILES string of the molecule is CN(C)c1ccc([C+](c2ccc(NNc3ccc([C+](c4ccc(N(C)C)cc4)c4ccc(N(C)C)cc4)cc3)cc2)c2ccc(N(C)C)cc2)cc1. The molecule has 2 N–H and O–H groups in total. The molecule has 6 aromatic carbocycles. The Morgan fingerprint density at radius 1 is 0.269 bits per heavy atom. The number of nitrogens with zero attached hydrogens (tertiary/aromatic N) is 4. The third-order valence-corrected chi connectivity index (χ3v) is 9.39. The topological polar surface area (TPSA) is 37.0 Å². The van der Waals surface area contributed by atoms with E-state index in [1.54, 1.807) is 0 Å². The van der Waals surface area contributed by atoms with Crippen LogP contribution in [0, 0.1) is 11.8 Å². The van der Waals surface area contributed by atoms with E-state index in [0.717, 1.165) is 22.5 Å². The number of rotatable bonds is 13. The summed E-state index contributed by atoms with van der Waals surface area (Å²) in [6.07, 6.45) is 0. The van der Waals surface area contributed by atoms with Gasteiger partial charge in [0.05, 0.1) is 56.6 Å². The molecule has 6 rings (SSSR count). The minimum absolute atomic E-state index is 0.979. The Hall–Kier alpha value is -6.14. The van der Waals surface area contributed by atoms with Crippen LogP contribution in [0.25, 0.3) is 0 Å². The van der Waals surface area contributed by atoms with E-state index in [0.29, 0.717) is 0 Å². The lowest BCUT2D eigenvalue weighted by Crippen LogP contribution is -2.11. The van der Waals surface area contributed by atoms with Gasteiger partial charge in [-0.1, -0.05) is 0 Å². The molecule has 0 fully saturated rings. The molecule has 0 atom stereocenters. The molecule has 6 aromatic rings. The van der Waals surface area contributed by atoms with Crippen LogP contribution in [0.2, 0.25) is 0 Å². The molecule has 0 aliphatic rings. The number of hydrogen-bond acceptors (Lipinski definition) is 6. The van der Waals surface area contributed by atoms with E-state index < -0.39 is 0 Å². The number of hydrazine groups is 1. The summed E-state index contributed by atoms with van der Waals surface area (Å²) in [6.45, 7) is 0. The highest BCUT2D eigenvalue weighted by Crippen LogP contribution is 2.35. The Morgan fingerprint density at radius 3 is 0.615 bits per heavy atom. The lowest BCUT2D eigenvalue weighted by Gasteiger charge is -2.18. The summed E-state index contributed by atoms with van der Waals surface area (Å²) in [7, 11) is 16.6. The number of nitrogens with one attached hydrogen (secondary N) is 2. The van der Waals surface area contributed by atoms with Crippen molar-refractivity contribution >= 4 is 34.1 Å². The van der Waals surface area contributed by atoms with E-state index >= 15 is 0 Å². The van der Waals surface area contributed by atoms with Crippen LogP contribution in [0.15, 0.2) is 146 Å². The van der Waals surface area contributed by atoms with Crippen molar-refractivity contribution in [3.05, 3.63) is 191 Å². The summed E-state index contributed by atoms with van der Waals surface area (Å²) in [6, 6.07) is 52.4. The summed E-state index contributed by atoms with van der Waals surface area (Å²) < 4.78 is 0. The van der Waals surface area contributed by atoms with Crippen molar-refractivity contribution in [2.24, 2.45) is 0 Å². The van der Waals surface area contributed by atoms with Crippen molar-refractivity contribution in [2.75, 3.05) is 86.8 Å². The normalized spacial score (nSPS) is 10.7. The van der Waals surface area contributed by atoms with Gasteiger partial charge in [-0.15, -0.1) is 0 Å². The van der Waals surface area contributed by atoms with Crippen molar-refractivity contribution in [3.63, 3.8) is 0 Å². The summed E-state index contributed by atoms with van der Waals surface area (Å²) in [4.78, 5) is 8.51. The Morgan fingerprint density at radius 2 is 0.442 bits per heavy atom. The van der Waals surface area contributed by atoms with Gasteiger partial charge in [0.1, 0.15) is 0 Å². The van der Waals surface area contributed by atoms with Gasteiger partial charge >= 0.3 is 0 Å². The highest BCUT2D eigenvalue weighted by molar-refractivity contribution is 5.66. The van der Waals surface area contributed by atoms with Crippen LogP contribution in [0.1, 0.15) is 33.4 Å². The molecule has 0 aliphatic carbocycles. The third kappa shape index (κ3) is 8.24. The fourth-order valence-corrected chi connectivity index (χ4v) is 6.29. The molecule has 0 heterocycles. The Balaban J connectivity index is 1.20. The first-order valence-electron chi connectivity index (χ1n) is 17.7. The maximum atomic E-state index is 3.41. The van der Waals surface area contributed by atoms with Crippen molar-refractivity contribution in [3.8, 4) is 0 Å². The molecule has 0 bridgehead atoms. The first-order valence-corrected chi connectivity index (χ1v) is 17.7. The van der Waals surface area contributed by atoms with Crippen molar-refractivity contribution in [2.45, 2.75) is 0 Å². The van der Waals surface area contributed by atoms with Crippen LogP contribution in [0.4, 0.5) is 34.1 Å². The average molecular weight is 687 g/mol. The lowest BCUT2D eigenvalue weighted by molar-refractivity contribution is 1.12. The zero-order chi connectivity index (χ0) is 36.8. The summed E-state index contributed by atoms with van der Waals surface area (Å²) in [5, 5.41) is 0.